The third-order valence-corrected chi connectivity index (χ3v) is 3.18. The van der Waals surface area contributed by atoms with E-state index in [-0.39, 0.29) is 19.1 Å². The van der Waals surface area contributed by atoms with Crippen LogP contribution in [0.2, 0.25) is 0 Å². The van der Waals surface area contributed by atoms with Crippen LogP contribution in [0.3, 0.4) is 0 Å². The van der Waals surface area contributed by atoms with Gasteiger partial charge in [0.05, 0.1) is 19.4 Å². The maximum atomic E-state index is 11.9. The molecule has 1 amide bonds. The second-order valence-electron chi connectivity index (χ2n) is 4.78. The highest BCUT2D eigenvalue weighted by Gasteiger charge is 2.16. The summed E-state index contributed by atoms with van der Waals surface area (Å²) in [6, 6.07) is 7.31. The van der Waals surface area contributed by atoms with Gasteiger partial charge in [0.2, 0.25) is 5.91 Å². The number of carbonyl (C=O) groups is 1. The van der Waals surface area contributed by atoms with Gasteiger partial charge in [-0.3, -0.25) is 4.79 Å². The van der Waals surface area contributed by atoms with Gasteiger partial charge in [-0.2, -0.15) is 0 Å². The number of nitrogens with one attached hydrogen (secondary N) is 1. The summed E-state index contributed by atoms with van der Waals surface area (Å²) in [6.07, 6.45) is 0.871. The molecule has 0 aliphatic heterocycles. The minimum atomic E-state index is -0.238. The third kappa shape index (κ3) is 3.62. The average Bonchev–Trinajstić information content (AvgIpc) is 2.95. The summed E-state index contributed by atoms with van der Waals surface area (Å²) < 4.78 is 6.63. The van der Waals surface area contributed by atoms with E-state index in [2.05, 4.69) is 15.6 Å². The van der Waals surface area contributed by atoms with Crippen LogP contribution in [-0.4, -0.2) is 39.7 Å². The van der Waals surface area contributed by atoms with Crippen molar-refractivity contribution >= 4 is 5.91 Å². The SMILES string of the molecule is CCCNC(=O)Cn1nnc(CO)c1-c1ccc(OC)cc1. The Balaban J connectivity index is 2.28. The molecule has 2 rings (SSSR count). The lowest BCUT2D eigenvalue weighted by atomic mass is 10.1. The first-order valence-corrected chi connectivity index (χ1v) is 7.14. The molecule has 0 atom stereocenters. The van der Waals surface area contributed by atoms with Crippen LogP contribution >= 0.6 is 0 Å². The van der Waals surface area contributed by atoms with Crippen molar-refractivity contribution in [3.63, 3.8) is 0 Å². The van der Waals surface area contributed by atoms with E-state index in [0.717, 1.165) is 17.7 Å². The molecule has 0 saturated carbocycles. The van der Waals surface area contributed by atoms with Crippen LogP contribution in [0.25, 0.3) is 11.3 Å². The molecule has 0 spiro atoms. The standard InChI is InChI=1S/C15H20N4O3/c1-3-8-16-14(21)9-19-15(13(10-20)17-18-19)11-4-6-12(22-2)7-5-11/h4-7,20H,3,8-10H2,1-2H3,(H,16,21). The molecule has 0 fully saturated rings. The average molecular weight is 304 g/mol. The van der Waals surface area contributed by atoms with Crippen LogP contribution < -0.4 is 10.1 Å². The van der Waals surface area contributed by atoms with Crippen LogP contribution in [0.5, 0.6) is 5.75 Å². The number of amides is 1. The summed E-state index contributed by atoms with van der Waals surface area (Å²) in [7, 11) is 1.60. The number of hydrogen-bond acceptors (Lipinski definition) is 5. The molecule has 22 heavy (non-hydrogen) atoms. The molecule has 0 saturated heterocycles. The second kappa shape index (κ2) is 7.56. The molecule has 7 heteroatoms. The zero-order valence-electron chi connectivity index (χ0n) is 12.7. The van der Waals surface area contributed by atoms with Gasteiger partial charge in [0.1, 0.15) is 18.0 Å². The molecule has 1 aromatic heterocycles. The Labute approximate surface area is 128 Å². The number of ether oxygens (including phenoxy) is 1. The molecular weight excluding hydrogens is 284 g/mol. The fourth-order valence-electron chi connectivity index (χ4n) is 2.09. The van der Waals surface area contributed by atoms with Crippen LogP contribution in [0.15, 0.2) is 24.3 Å². The lowest BCUT2D eigenvalue weighted by Gasteiger charge is -2.09. The number of methoxy groups -OCH3 is 1. The van der Waals surface area contributed by atoms with Gasteiger partial charge in [-0.05, 0) is 30.7 Å². The Morgan fingerprint density at radius 3 is 2.68 bits per heavy atom. The maximum absolute atomic E-state index is 11.9. The minimum absolute atomic E-state index is 0.0639. The van der Waals surface area contributed by atoms with Crippen molar-refractivity contribution in [2.24, 2.45) is 0 Å². The van der Waals surface area contributed by atoms with Gasteiger partial charge in [0, 0.05) is 12.1 Å². The zero-order valence-corrected chi connectivity index (χ0v) is 12.7. The number of aliphatic hydroxyl groups excluding tert-OH is 1. The molecular formula is C15H20N4O3. The topological polar surface area (TPSA) is 89.3 Å². The summed E-state index contributed by atoms with van der Waals surface area (Å²) in [5.41, 5.74) is 1.89. The number of carbonyl (C=O) groups excluding carboxylic acids is 1. The molecule has 0 radical (unpaired) electrons. The first kappa shape index (κ1) is 16.0. The van der Waals surface area contributed by atoms with Crippen LogP contribution in [0.1, 0.15) is 19.0 Å². The van der Waals surface area contributed by atoms with Gasteiger partial charge in [-0.15, -0.1) is 5.10 Å². The molecule has 0 bridgehead atoms. The highest BCUT2D eigenvalue weighted by molar-refractivity contribution is 5.76. The van der Waals surface area contributed by atoms with Gasteiger partial charge in [-0.25, -0.2) is 4.68 Å². The highest BCUT2D eigenvalue weighted by atomic mass is 16.5. The number of benzene rings is 1. The van der Waals surface area contributed by atoms with Crippen molar-refractivity contribution in [3.05, 3.63) is 30.0 Å². The molecule has 2 aromatic rings. The molecule has 2 N–H and O–H groups in total. The van der Waals surface area contributed by atoms with Crippen molar-refractivity contribution in [1.82, 2.24) is 20.3 Å². The van der Waals surface area contributed by atoms with Gasteiger partial charge < -0.3 is 15.2 Å². The van der Waals surface area contributed by atoms with Crippen LogP contribution in [0.4, 0.5) is 0 Å². The molecule has 1 aromatic carbocycles. The fourth-order valence-corrected chi connectivity index (χ4v) is 2.09. The minimum Gasteiger partial charge on any atom is -0.497 e. The lowest BCUT2D eigenvalue weighted by Crippen LogP contribution is -2.28. The molecule has 0 aliphatic rings. The molecule has 0 unspecified atom stereocenters. The normalized spacial score (nSPS) is 10.5. The Morgan fingerprint density at radius 2 is 2.09 bits per heavy atom. The highest BCUT2D eigenvalue weighted by Crippen LogP contribution is 2.24. The second-order valence-corrected chi connectivity index (χ2v) is 4.78. The summed E-state index contributed by atoms with van der Waals surface area (Å²) >= 11 is 0. The molecule has 0 aliphatic carbocycles. The van der Waals surface area contributed by atoms with E-state index in [4.69, 9.17) is 4.74 Å². The number of aliphatic hydroxyl groups is 1. The van der Waals surface area contributed by atoms with E-state index in [0.29, 0.717) is 17.9 Å². The largest absolute Gasteiger partial charge is 0.497 e. The summed E-state index contributed by atoms with van der Waals surface area (Å²) in [4.78, 5) is 11.9. The monoisotopic (exact) mass is 304 g/mol. The van der Waals surface area contributed by atoms with Gasteiger partial charge in [0.25, 0.3) is 0 Å². The predicted octanol–water partition coefficient (Wildman–Crippen LogP) is 0.972. The van der Waals surface area contributed by atoms with Gasteiger partial charge in [-0.1, -0.05) is 12.1 Å². The van der Waals surface area contributed by atoms with Crippen molar-refractivity contribution in [2.45, 2.75) is 26.5 Å². The first-order valence-electron chi connectivity index (χ1n) is 7.14. The van der Waals surface area contributed by atoms with Crippen LogP contribution in [-0.2, 0) is 17.9 Å². The predicted molar refractivity (Wildman–Crippen MR) is 81.2 cm³/mol. The molecule has 7 nitrogen and oxygen atoms in total. The fraction of sp³-hybridized carbons (Fsp3) is 0.400. The maximum Gasteiger partial charge on any atom is 0.241 e. The number of hydrogen-bond donors (Lipinski definition) is 2. The summed E-state index contributed by atoms with van der Waals surface area (Å²) in [5.74, 6) is 0.597. The van der Waals surface area contributed by atoms with E-state index >= 15 is 0 Å². The number of rotatable bonds is 7. The van der Waals surface area contributed by atoms with E-state index in [1.807, 2.05) is 31.2 Å². The van der Waals surface area contributed by atoms with Gasteiger partial charge in [0.15, 0.2) is 0 Å². The van der Waals surface area contributed by atoms with Gasteiger partial charge >= 0.3 is 0 Å². The van der Waals surface area contributed by atoms with E-state index in [9.17, 15) is 9.90 Å². The Hall–Kier alpha value is -2.41. The summed E-state index contributed by atoms with van der Waals surface area (Å²) in [5, 5.41) is 20.1. The Kier molecular flexibility index (Phi) is 5.48. The van der Waals surface area contributed by atoms with Crippen molar-refractivity contribution < 1.29 is 14.6 Å². The lowest BCUT2D eigenvalue weighted by molar-refractivity contribution is -0.121. The molecule has 118 valence electrons. The first-order chi connectivity index (χ1) is 10.7. The smallest absolute Gasteiger partial charge is 0.241 e. The number of aromatic nitrogens is 3. The summed E-state index contributed by atoms with van der Waals surface area (Å²) in [6.45, 7) is 2.44. The van der Waals surface area contributed by atoms with Crippen LogP contribution in [0, 0.1) is 0 Å². The Morgan fingerprint density at radius 1 is 1.36 bits per heavy atom. The van der Waals surface area contributed by atoms with Crippen molar-refractivity contribution in [2.75, 3.05) is 13.7 Å². The third-order valence-electron chi connectivity index (χ3n) is 3.18. The van der Waals surface area contributed by atoms with Crippen molar-refractivity contribution in [1.29, 1.82) is 0 Å². The Bertz CT molecular complexity index is 622. The van der Waals surface area contributed by atoms with E-state index in [1.54, 1.807) is 7.11 Å². The zero-order chi connectivity index (χ0) is 15.9. The van der Waals surface area contributed by atoms with E-state index in [1.165, 1.54) is 4.68 Å². The quantitative estimate of drug-likeness (QED) is 0.795. The molecule has 1 heterocycles. The van der Waals surface area contributed by atoms with E-state index < -0.39 is 0 Å². The number of nitrogens with zero attached hydrogens (tertiary/aromatic N) is 3. The van der Waals surface area contributed by atoms with Crippen molar-refractivity contribution in [3.8, 4) is 17.0 Å².